The van der Waals surface area contributed by atoms with Crippen molar-refractivity contribution in [2.75, 3.05) is 13.7 Å². The predicted octanol–water partition coefficient (Wildman–Crippen LogP) is 10.8. The average Bonchev–Trinajstić information content (AvgIpc) is 3.28. The summed E-state index contributed by atoms with van der Waals surface area (Å²) in [5, 5.41) is 19.7. The van der Waals surface area contributed by atoms with Crippen molar-refractivity contribution in [2.24, 2.45) is 0 Å². The van der Waals surface area contributed by atoms with Crippen molar-refractivity contribution >= 4 is 46.9 Å². The molecule has 61 heavy (non-hydrogen) atoms. The first-order valence-electron chi connectivity index (χ1n) is 19.5. The van der Waals surface area contributed by atoms with E-state index in [1.165, 1.54) is 55.7 Å². The Morgan fingerprint density at radius 1 is 0.557 bits per heavy atom. The minimum Gasteiger partial charge on any atom is -0.504 e. The first-order valence-corrected chi connectivity index (χ1v) is 19.5. The molecular weight excluding hydrogens is 765 g/mol. The zero-order chi connectivity index (χ0) is 43.7. The molecule has 0 aromatic heterocycles. The molecular formula is C53H48O8. The molecule has 0 radical (unpaired) electrons. The number of phenolic OH excluding ortho intramolecular Hbond substituents is 2. The molecule has 0 aliphatic heterocycles. The van der Waals surface area contributed by atoms with Gasteiger partial charge in [-0.25, -0.2) is 0 Å². The fraction of sp³-hybridized carbons (Fsp3) is 0.0943. The third-order valence-corrected chi connectivity index (χ3v) is 8.59. The van der Waals surface area contributed by atoms with Gasteiger partial charge in [0.05, 0.1) is 26.6 Å². The summed E-state index contributed by atoms with van der Waals surface area (Å²) in [5.41, 5.74) is 5.57. The summed E-state index contributed by atoms with van der Waals surface area (Å²) >= 11 is 0. The number of rotatable bonds is 20. The highest BCUT2D eigenvalue weighted by molar-refractivity contribution is 6.11. The number of ketones is 4. The van der Waals surface area contributed by atoms with Gasteiger partial charge in [0.15, 0.2) is 46.1 Å². The van der Waals surface area contributed by atoms with E-state index in [4.69, 9.17) is 9.47 Å². The van der Waals surface area contributed by atoms with E-state index < -0.39 is 0 Å². The molecule has 8 nitrogen and oxygen atoms in total. The molecule has 0 atom stereocenters. The van der Waals surface area contributed by atoms with Crippen LogP contribution in [0.15, 0.2) is 189 Å². The first-order chi connectivity index (χ1) is 29.6. The number of hydrogen-bond acceptors (Lipinski definition) is 8. The first kappa shape index (κ1) is 45.9. The van der Waals surface area contributed by atoms with Crippen molar-refractivity contribution < 1.29 is 38.9 Å². The third kappa shape index (κ3) is 16.9. The summed E-state index contributed by atoms with van der Waals surface area (Å²) in [6.45, 7) is 3.88. The van der Waals surface area contributed by atoms with Crippen LogP contribution in [0, 0.1) is 0 Å². The van der Waals surface area contributed by atoms with E-state index in [1.807, 2.05) is 109 Å². The number of ether oxygens (including phenoxy) is 2. The molecule has 0 saturated heterocycles. The van der Waals surface area contributed by atoms with Gasteiger partial charge in [-0.05, 0) is 88.4 Å². The molecule has 0 spiro atoms. The Morgan fingerprint density at radius 3 is 1.56 bits per heavy atom. The van der Waals surface area contributed by atoms with Crippen molar-refractivity contribution in [3.63, 3.8) is 0 Å². The Hall–Kier alpha value is -7.84. The normalized spacial score (nSPS) is 11.1. The number of allylic oxidation sites excluding steroid dienone is 8. The quantitative estimate of drug-likeness (QED) is 0.0344. The van der Waals surface area contributed by atoms with E-state index in [1.54, 1.807) is 42.5 Å². The molecule has 8 heteroatoms. The number of phenols is 2. The lowest BCUT2D eigenvalue weighted by atomic mass is 9.97. The monoisotopic (exact) mass is 812 g/mol. The maximum Gasteiger partial charge on any atom is 0.163 e. The summed E-state index contributed by atoms with van der Waals surface area (Å²) in [5.74, 6) is -0.531. The van der Waals surface area contributed by atoms with Gasteiger partial charge < -0.3 is 19.7 Å². The van der Waals surface area contributed by atoms with Crippen LogP contribution in [0.1, 0.15) is 47.1 Å². The van der Waals surface area contributed by atoms with Crippen LogP contribution >= 0.6 is 0 Å². The number of benzene rings is 5. The summed E-state index contributed by atoms with van der Waals surface area (Å²) in [4.78, 5) is 47.8. The van der Waals surface area contributed by atoms with Gasteiger partial charge in [-0.3, -0.25) is 19.2 Å². The summed E-state index contributed by atoms with van der Waals surface area (Å²) in [7, 11) is 1.44. The van der Waals surface area contributed by atoms with Crippen LogP contribution in [-0.4, -0.2) is 47.1 Å². The van der Waals surface area contributed by atoms with Crippen LogP contribution < -0.4 is 9.47 Å². The predicted molar refractivity (Wildman–Crippen MR) is 244 cm³/mol. The van der Waals surface area contributed by atoms with Crippen molar-refractivity contribution in [3.05, 3.63) is 216 Å². The summed E-state index contributed by atoms with van der Waals surface area (Å²) < 4.78 is 10.7. The van der Waals surface area contributed by atoms with Crippen molar-refractivity contribution in [1.29, 1.82) is 0 Å². The second kappa shape index (κ2) is 25.5. The van der Waals surface area contributed by atoms with Gasteiger partial charge in [-0.1, -0.05) is 158 Å². The average molecular weight is 813 g/mol. The highest BCUT2D eigenvalue weighted by Gasteiger charge is 2.08. The van der Waals surface area contributed by atoms with Crippen molar-refractivity contribution in [1.82, 2.24) is 0 Å². The minimum absolute atomic E-state index is 0.00368. The van der Waals surface area contributed by atoms with E-state index in [0.29, 0.717) is 35.7 Å². The molecule has 0 bridgehead atoms. The summed E-state index contributed by atoms with van der Waals surface area (Å²) in [6.07, 6.45) is 19.4. The fourth-order valence-electron chi connectivity index (χ4n) is 5.55. The lowest BCUT2D eigenvalue weighted by Gasteiger charge is -2.07. The molecule has 5 aromatic rings. The Bertz CT molecular complexity index is 2380. The van der Waals surface area contributed by atoms with E-state index in [2.05, 4.69) is 6.58 Å². The Morgan fingerprint density at radius 2 is 1.03 bits per heavy atom. The second-order valence-electron chi connectivity index (χ2n) is 13.3. The third-order valence-electron chi connectivity index (χ3n) is 8.59. The number of hydrogen-bond donors (Lipinski definition) is 2. The van der Waals surface area contributed by atoms with Gasteiger partial charge >= 0.3 is 0 Å². The van der Waals surface area contributed by atoms with E-state index in [-0.39, 0.29) is 47.5 Å². The van der Waals surface area contributed by atoms with Gasteiger partial charge in [0, 0.05) is 0 Å². The number of carbonyl (C=O) groups is 4. The highest BCUT2D eigenvalue weighted by atomic mass is 16.5. The number of methoxy groups -OCH3 is 1. The smallest absolute Gasteiger partial charge is 0.163 e. The molecule has 0 heterocycles. The van der Waals surface area contributed by atoms with Crippen LogP contribution in [-0.2, 0) is 19.2 Å². The molecule has 2 N–H and O–H groups in total. The van der Waals surface area contributed by atoms with Crippen LogP contribution in [0.5, 0.6) is 23.0 Å². The molecule has 5 rings (SSSR count). The SMILES string of the molecule is C=CC=CC(=O)CC(=O)C=CC=C(c1ccccc1)c1ccccc1.COc1cc(C=CC(=O)CC(=O)C=Cc2ccc(O)c(OCCC=Cc3ccccc3)c2)ccc1O. The second-order valence-corrected chi connectivity index (χ2v) is 13.3. The van der Waals surface area contributed by atoms with Crippen molar-refractivity contribution in [2.45, 2.75) is 19.3 Å². The minimum atomic E-state index is -0.352. The fourth-order valence-corrected chi connectivity index (χ4v) is 5.55. The lowest BCUT2D eigenvalue weighted by molar-refractivity contribution is -0.123. The highest BCUT2D eigenvalue weighted by Crippen LogP contribution is 2.28. The molecule has 0 aliphatic carbocycles. The van der Waals surface area contributed by atoms with E-state index >= 15 is 0 Å². The zero-order valence-corrected chi connectivity index (χ0v) is 33.9. The molecule has 0 aliphatic rings. The van der Waals surface area contributed by atoms with Gasteiger partial charge in [0.25, 0.3) is 0 Å². The molecule has 0 saturated carbocycles. The lowest BCUT2D eigenvalue weighted by Crippen LogP contribution is -2.02. The van der Waals surface area contributed by atoms with Gasteiger partial charge in [-0.15, -0.1) is 0 Å². The molecule has 0 fully saturated rings. The van der Waals surface area contributed by atoms with Crippen LogP contribution in [0.4, 0.5) is 0 Å². The van der Waals surface area contributed by atoms with Gasteiger partial charge in [0.2, 0.25) is 0 Å². The maximum atomic E-state index is 12.2. The number of carbonyl (C=O) groups excluding carboxylic acids is 4. The largest absolute Gasteiger partial charge is 0.504 e. The topological polar surface area (TPSA) is 127 Å². The Kier molecular flexibility index (Phi) is 19.2. The van der Waals surface area contributed by atoms with Crippen LogP contribution in [0.3, 0.4) is 0 Å². The zero-order valence-electron chi connectivity index (χ0n) is 33.9. The number of aromatic hydroxyl groups is 2. The standard InChI is InChI=1S/C30H28O6.C23H20O2/c1-35-29-19-23(12-16-27(29)33)10-14-25(31)21-26(32)15-11-24-13-17-28(34)30(20-24)36-18-6-5-9-22-7-3-2-4-8-22;1-2-3-15-21(24)18-22(25)16-10-17-23(19-11-6-4-7-12-19)20-13-8-5-9-14-20/h2-5,7-17,19-20,33-34H,6,18,21H2,1H3;2-17H,1,18H2. The van der Waals surface area contributed by atoms with Crippen LogP contribution in [0.25, 0.3) is 23.8 Å². The van der Waals surface area contributed by atoms with Gasteiger partial charge in [0.1, 0.15) is 0 Å². The van der Waals surface area contributed by atoms with Crippen molar-refractivity contribution in [3.8, 4) is 23.0 Å². The molecule has 0 unspecified atom stereocenters. The molecule has 308 valence electrons. The summed E-state index contributed by atoms with van der Waals surface area (Å²) in [6, 6.07) is 39.4. The molecule has 5 aromatic carbocycles. The van der Waals surface area contributed by atoms with Gasteiger partial charge in [-0.2, -0.15) is 0 Å². The van der Waals surface area contributed by atoms with E-state index in [0.717, 1.165) is 22.3 Å². The Labute approximate surface area is 357 Å². The maximum absolute atomic E-state index is 12.2. The van der Waals surface area contributed by atoms with Crippen LogP contribution in [0.2, 0.25) is 0 Å². The molecule has 0 amide bonds. The van der Waals surface area contributed by atoms with E-state index in [9.17, 15) is 29.4 Å². The Balaban J connectivity index is 0.000000287.